The van der Waals surface area contributed by atoms with Gasteiger partial charge in [0.25, 0.3) is 5.56 Å². The van der Waals surface area contributed by atoms with Crippen molar-refractivity contribution >= 4 is 0 Å². The van der Waals surface area contributed by atoms with E-state index in [1.807, 2.05) is 13.0 Å². The molecular weight excluding hydrogens is 266 g/mol. The van der Waals surface area contributed by atoms with Gasteiger partial charge in [0.15, 0.2) is 0 Å². The fourth-order valence-electron chi connectivity index (χ4n) is 3.13. The predicted octanol–water partition coefficient (Wildman–Crippen LogP) is 0.713. The van der Waals surface area contributed by atoms with Gasteiger partial charge in [-0.1, -0.05) is 6.92 Å². The number of nitrogens with one attached hydrogen (secondary N) is 1. The van der Waals surface area contributed by atoms with Gasteiger partial charge in [0.05, 0.1) is 18.7 Å². The SMILES string of the molecule is CCCn1c(O)c(C[NH+]2CCCCC2)c(C)c(C#N)c1=O. The summed E-state index contributed by atoms with van der Waals surface area (Å²) in [6, 6.07) is 2.01. The number of hydrogen-bond acceptors (Lipinski definition) is 3. The van der Waals surface area contributed by atoms with Gasteiger partial charge in [0.1, 0.15) is 18.2 Å². The van der Waals surface area contributed by atoms with Crippen molar-refractivity contribution in [2.75, 3.05) is 13.1 Å². The highest BCUT2D eigenvalue weighted by Gasteiger charge is 2.23. The number of nitriles is 1. The zero-order valence-corrected chi connectivity index (χ0v) is 12.9. The third kappa shape index (κ3) is 3.11. The van der Waals surface area contributed by atoms with Crippen molar-refractivity contribution in [3.8, 4) is 11.9 Å². The molecule has 0 bridgehead atoms. The van der Waals surface area contributed by atoms with Gasteiger partial charge in [-0.05, 0) is 38.2 Å². The number of aromatic nitrogens is 1. The summed E-state index contributed by atoms with van der Waals surface area (Å²) in [5.74, 6) is 0.0522. The molecule has 1 aliphatic heterocycles. The van der Waals surface area contributed by atoms with Crippen LogP contribution in [0, 0.1) is 18.3 Å². The number of hydrogen-bond donors (Lipinski definition) is 2. The molecule has 5 nitrogen and oxygen atoms in total. The van der Waals surface area contributed by atoms with Gasteiger partial charge >= 0.3 is 0 Å². The Kier molecular flexibility index (Phi) is 5.03. The van der Waals surface area contributed by atoms with Crippen LogP contribution >= 0.6 is 0 Å². The molecule has 0 aromatic carbocycles. The Labute approximate surface area is 125 Å². The monoisotopic (exact) mass is 290 g/mol. The van der Waals surface area contributed by atoms with E-state index >= 15 is 0 Å². The quantitative estimate of drug-likeness (QED) is 0.858. The Balaban J connectivity index is 2.46. The summed E-state index contributed by atoms with van der Waals surface area (Å²) in [4.78, 5) is 13.7. The van der Waals surface area contributed by atoms with Crippen LogP contribution < -0.4 is 10.5 Å². The lowest BCUT2D eigenvalue weighted by Crippen LogP contribution is -3.11. The highest BCUT2D eigenvalue weighted by Crippen LogP contribution is 2.21. The fraction of sp³-hybridized carbons (Fsp3) is 0.625. The maximum absolute atomic E-state index is 12.2. The van der Waals surface area contributed by atoms with Crippen molar-refractivity contribution in [3.63, 3.8) is 0 Å². The lowest BCUT2D eigenvalue weighted by Gasteiger charge is -2.25. The summed E-state index contributed by atoms with van der Waals surface area (Å²) < 4.78 is 1.35. The number of aromatic hydroxyl groups is 1. The molecule has 1 fully saturated rings. The Hall–Kier alpha value is -1.80. The summed E-state index contributed by atoms with van der Waals surface area (Å²) in [6.07, 6.45) is 4.42. The normalized spacial score (nSPS) is 15.9. The smallest absolute Gasteiger partial charge is 0.271 e. The van der Waals surface area contributed by atoms with Crippen LogP contribution in [-0.2, 0) is 13.1 Å². The van der Waals surface area contributed by atoms with Crippen LogP contribution in [0.4, 0.5) is 0 Å². The zero-order chi connectivity index (χ0) is 15.4. The Bertz CT molecular complexity index is 607. The van der Waals surface area contributed by atoms with Crippen LogP contribution in [0.1, 0.15) is 49.3 Å². The average molecular weight is 290 g/mol. The highest BCUT2D eigenvalue weighted by atomic mass is 16.3. The Morgan fingerprint density at radius 1 is 1.33 bits per heavy atom. The van der Waals surface area contributed by atoms with E-state index in [1.54, 1.807) is 6.92 Å². The second-order valence-corrected chi connectivity index (χ2v) is 5.86. The second-order valence-electron chi connectivity index (χ2n) is 5.86. The van der Waals surface area contributed by atoms with Crippen LogP contribution in [-0.4, -0.2) is 22.8 Å². The Morgan fingerprint density at radius 3 is 2.57 bits per heavy atom. The molecule has 0 saturated carbocycles. The fourth-order valence-corrected chi connectivity index (χ4v) is 3.13. The minimum atomic E-state index is -0.369. The van der Waals surface area contributed by atoms with Gasteiger partial charge in [-0.15, -0.1) is 0 Å². The van der Waals surface area contributed by atoms with Crippen LogP contribution in [0.2, 0.25) is 0 Å². The summed E-state index contributed by atoms with van der Waals surface area (Å²) >= 11 is 0. The van der Waals surface area contributed by atoms with Crippen LogP contribution in [0.15, 0.2) is 4.79 Å². The van der Waals surface area contributed by atoms with Crippen molar-refractivity contribution in [2.24, 2.45) is 0 Å². The maximum atomic E-state index is 12.2. The van der Waals surface area contributed by atoms with E-state index in [0.29, 0.717) is 18.7 Å². The number of quaternary nitrogens is 1. The van der Waals surface area contributed by atoms with E-state index in [-0.39, 0.29) is 17.0 Å². The molecule has 2 heterocycles. The average Bonchev–Trinajstić information content (AvgIpc) is 2.50. The van der Waals surface area contributed by atoms with E-state index in [1.165, 1.54) is 28.7 Å². The van der Waals surface area contributed by atoms with Gasteiger partial charge in [0.2, 0.25) is 5.88 Å². The van der Waals surface area contributed by atoms with E-state index in [4.69, 9.17) is 0 Å². The molecule has 0 radical (unpaired) electrons. The molecule has 2 rings (SSSR count). The molecule has 21 heavy (non-hydrogen) atoms. The van der Waals surface area contributed by atoms with Crippen molar-refractivity contribution in [1.29, 1.82) is 5.26 Å². The molecule has 0 aliphatic carbocycles. The molecule has 0 spiro atoms. The third-order valence-electron chi connectivity index (χ3n) is 4.36. The molecular formula is C16H24N3O2+. The molecule has 0 unspecified atom stereocenters. The standard InChI is InChI=1S/C16H23N3O2/c1-3-7-19-15(20)13(10-17)12(2)14(16(19)21)11-18-8-5-4-6-9-18/h21H,3-9,11H2,1-2H3/p+1. The van der Waals surface area contributed by atoms with Gasteiger partial charge in [-0.3, -0.25) is 9.36 Å². The van der Waals surface area contributed by atoms with Crippen LogP contribution in [0.5, 0.6) is 5.88 Å². The number of pyridine rings is 1. The minimum absolute atomic E-state index is 0.0522. The molecule has 114 valence electrons. The van der Waals surface area contributed by atoms with E-state index in [0.717, 1.165) is 25.1 Å². The first-order valence-corrected chi connectivity index (χ1v) is 7.79. The van der Waals surface area contributed by atoms with E-state index < -0.39 is 0 Å². The zero-order valence-electron chi connectivity index (χ0n) is 12.9. The van der Waals surface area contributed by atoms with E-state index in [9.17, 15) is 15.2 Å². The first kappa shape index (κ1) is 15.6. The molecule has 1 aromatic rings. The number of likely N-dealkylation sites (tertiary alicyclic amines) is 1. The van der Waals surface area contributed by atoms with Crippen molar-refractivity contribution < 1.29 is 10.0 Å². The number of piperidine rings is 1. The van der Waals surface area contributed by atoms with E-state index in [2.05, 4.69) is 0 Å². The molecule has 1 aliphatic rings. The summed E-state index contributed by atoms with van der Waals surface area (Å²) in [5, 5.41) is 19.7. The largest absolute Gasteiger partial charge is 0.494 e. The van der Waals surface area contributed by atoms with Crippen molar-refractivity contribution in [1.82, 2.24) is 4.57 Å². The lowest BCUT2D eigenvalue weighted by molar-refractivity contribution is -0.918. The van der Waals surface area contributed by atoms with Gasteiger partial charge in [0, 0.05) is 6.54 Å². The predicted molar refractivity (Wildman–Crippen MR) is 80.4 cm³/mol. The molecule has 1 saturated heterocycles. The topological polar surface area (TPSA) is 70.5 Å². The molecule has 5 heteroatoms. The first-order valence-electron chi connectivity index (χ1n) is 7.79. The van der Waals surface area contributed by atoms with Gasteiger partial charge in [-0.2, -0.15) is 5.26 Å². The minimum Gasteiger partial charge on any atom is -0.494 e. The van der Waals surface area contributed by atoms with Crippen LogP contribution in [0.3, 0.4) is 0 Å². The summed E-state index contributed by atoms with van der Waals surface area (Å²) in [6.45, 7) is 7.04. The third-order valence-corrected chi connectivity index (χ3v) is 4.36. The molecule has 0 atom stereocenters. The summed E-state index contributed by atoms with van der Waals surface area (Å²) in [7, 11) is 0. The first-order chi connectivity index (χ1) is 10.1. The molecule has 2 N–H and O–H groups in total. The lowest BCUT2D eigenvalue weighted by atomic mass is 10.0. The Morgan fingerprint density at radius 2 is 2.00 bits per heavy atom. The van der Waals surface area contributed by atoms with Crippen LogP contribution in [0.25, 0.3) is 0 Å². The van der Waals surface area contributed by atoms with Crippen molar-refractivity contribution in [3.05, 3.63) is 27.0 Å². The number of nitrogens with zero attached hydrogens (tertiary/aromatic N) is 2. The van der Waals surface area contributed by atoms with Gasteiger partial charge < -0.3 is 10.0 Å². The van der Waals surface area contributed by atoms with Crippen molar-refractivity contribution in [2.45, 2.75) is 52.6 Å². The second kappa shape index (κ2) is 6.77. The highest BCUT2D eigenvalue weighted by molar-refractivity contribution is 5.44. The molecule has 0 amide bonds. The maximum Gasteiger partial charge on any atom is 0.271 e. The molecule has 1 aromatic heterocycles. The number of rotatable bonds is 4. The van der Waals surface area contributed by atoms with Gasteiger partial charge in [-0.25, -0.2) is 0 Å². The summed E-state index contributed by atoms with van der Waals surface area (Å²) in [5.41, 5.74) is 1.21.